The SMILES string of the molecule is NCC#Cc1ccc(Cl)cc1NC(=O)CCC1CCCC1. The van der Waals surface area contributed by atoms with Crippen LogP contribution < -0.4 is 11.1 Å². The highest BCUT2D eigenvalue weighted by Gasteiger charge is 2.16. The summed E-state index contributed by atoms with van der Waals surface area (Å²) < 4.78 is 0. The Balaban J connectivity index is 1.96. The Morgan fingerprint density at radius 2 is 2.14 bits per heavy atom. The van der Waals surface area contributed by atoms with Crippen molar-refractivity contribution in [3.8, 4) is 11.8 Å². The number of carbonyl (C=O) groups is 1. The Morgan fingerprint density at radius 1 is 1.38 bits per heavy atom. The molecular formula is C17H21ClN2O. The predicted octanol–water partition coefficient (Wildman–Crippen LogP) is 3.56. The summed E-state index contributed by atoms with van der Waals surface area (Å²) in [6.45, 7) is 0.289. The van der Waals surface area contributed by atoms with Gasteiger partial charge >= 0.3 is 0 Å². The molecule has 0 saturated heterocycles. The molecule has 0 heterocycles. The third kappa shape index (κ3) is 5.08. The van der Waals surface area contributed by atoms with Gasteiger partial charge in [-0.1, -0.05) is 49.1 Å². The van der Waals surface area contributed by atoms with Crippen LogP contribution in [0, 0.1) is 17.8 Å². The summed E-state index contributed by atoms with van der Waals surface area (Å²) in [5, 5.41) is 3.50. The van der Waals surface area contributed by atoms with Crippen molar-refractivity contribution in [3.05, 3.63) is 28.8 Å². The minimum Gasteiger partial charge on any atom is -0.325 e. The highest BCUT2D eigenvalue weighted by molar-refractivity contribution is 6.31. The molecule has 2 rings (SSSR count). The molecule has 1 aliphatic carbocycles. The molecule has 112 valence electrons. The molecule has 0 bridgehead atoms. The molecule has 0 aromatic heterocycles. The monoisotopic (exact) mass is 304 g/mol. The van der Waals surface area contributed by atoms with Crippen LogP contribution >= 0.6 is 11.6 Å². The lowest BCUT2D eigenvalue weighted by molar-refractivity contribution is -0.116. The van der Waals surface area contributed by atoms with Crippen LogP contribution in [0.1, 0.15) is 44.1 Å². The summed E-state index contributed by atoms with van der Waals surface area (Å²) in [4.78, 5) is 12.1. The molecule has 1 fully saturated rings. The summed E-state index contributed by atoms with van der Waals surface area (Å²) in [5.41, 5.74) is 6.80. The van der Waals surface area contributed by atoms with Crippen molar-refractivity contribution in [3.63, 3.8) is 0 Å². The maximum atomic E-state index is 12.1. The van der Waals surface area contributed by atoms with Gasteiger partial charge in [-0.3, -0.25) is 4.79 Å². The van der Waals surface area contributed by atoms with E-state index < -0.39 is 0 Å². The van der Waals surface area contributed by atoms with E-state index in [0.717, 1.165) is 12.0 Å². The molecule has 4 heteroatoms. The summed E-state index contributed by atoms with van der Waals surface area (Å²) in [5.74, 6) is 6.49. The van der Waals surface area contributed by atoms with E-state index in [9.17, 15) is 4.79 Å². The fourth-order valence-electron chi connectivity index (χ4n) is 2.72. The molecule has 0 unspecified atom stereocenters. The highest BCUT2D eigenvalue weighted by atomic mass is 35.5. The van der Waals surface area contributed by atoms with Gasteiger partial charge in [0.15, 0.2) is 0 Å². The quantitative estimate of drug-likeness (QED) is 0.836. The van der Waals surface area contributed by atoms with Crippen LogP contribution in [0.3, 0.4) is 0 Å². The first-order valence-electron chi connectivity index (χ1n) is 7.47. The second kappa shape index (κ2) is 8.07. The molecule has 1 aromatic rings. The molecule has 3 N–H and O–H groups in total. The largest absolute Gasteiger partial charge is 0.325 e. The summed E-state index contributed by atoms with van der Waals surface area (Å²) in [6.07, 6.45) is 6.66. The van der Waals surface area contributed by atoms with Crippen LogP contribution in [0.2, 0.25) is 5.02 Å². The number of benzene rings is 1. The van der Waals surface area contributed by atoms with Gasteiger partial charge in [-0.2, -0.15) is 0 Å². The van der Waals surface area contributed by atoms with E-state index in [1.165, 1.54) is 25.7 Å². The zero-order valence-corrected chi connectivity index (χ0v) is 12.9. The zero-order chi connectivity index (χ0) is 15.1. The molecule has 0 atom stereocenters. The molecule has 1 saturated carbocycles. The maximum absolute atomic E-state index is 12.1. The third-order valence-electron chi connectivity index (χ3n) is 3.84. The number of amides is 1. The lowest BCUT2D eigenvalue weighted by atomic mass is 10.0. The van der Waals surface area contributed by atoms with E-state index >= 15 is 0 Å². The molecule has 0 aliphatic heterocycles. The minimum atomic E-state index is 0.0277. The maximum Gasteiger partial charge on any atom is 0.224 e. The molecule has 0 spiro atoms. The average molecular weight is 305 g/mol. The molecule has 1 amide bonds. The lowest BCUT2D eigenvalue weighted by Gasteiger charge is -2.10. The number of rotatable bonds is 4. The minimum absolute atomic E-state index is 0.0277. The van der Waals surface area contributed by atoms with E-state index in [2.05, 4.69) is 17.2 Å². The van der Waals surface area contributed by atoms with Gasteiger partial charge in [0, 0.05) is 17.0 Å². The first kappa shape index (κ1) is 15.9. The van der Waals surface area contributed by atoms with Gasteiger partial charge < -0.3 is 11.1 Å². The van der Waals surface area contributed by atoms with Crippen molar-refractivity contribution in [1.29, 1.82) is 0 Å². The Morgan fingerprint density at radius 3 is 2.86 bits per heavy atom. The Kier molecular flexibility index (Phi) is 6.10. The Labute approximate surface area is 131 Å². The second-order valence-corrected chi connectivity index (χ2v) is 5.87. The average Bonchev–Trinajstić information content (AvgIpc) is 2.98. The molecule has 21 heavy (non-hydrogen) atoms. The first-order chi connectivity index (χ1) is 10.2. The van der Waals surface area contributed by atoms with Gasteiger partial charge in [-0.15, -0.1) is 0 Å². The van der Waals surface area contributed by atoms with Crippen LogP contribution in [0.15, 0.2) is 18.2 Å². The zero-order valence-electron chi connectivity index (χ0n) is 12.1. The fraction of sp³-hybridized carbons (Fsp3) is 0.471. The van der Waals surface area contributed by atoms with Crippen molar-refractivity contribution in [2.24, 2.45) is 11.7 Å². The number of nitrogens with two attached hydrogens (primary N) is 1. The van der Waals surface area contributed by atoms with Gasteiger partial charge in [-0.05, 0) is 30.5 Å². The van der Waals surface area contributed by atoms with Gasteiger partial charge in [0.2, 0.25) is 5.91 Å². The van der Waals surface area contributed by atoms with E-state index in [1.807, 2.05) is 0 Å². The molecular weight excluding hydrogens is 284 g/mol. The number of hydrogen-bond acceptors (Lipinski definition) is 2. The van der Waals surface area contributed by atoms with Crippen molar-refractivity contribution in [1.82, 2.24) is 0 Å². The van der Waals surface area contributed by atoms with E-state index in [1.54, 1.807) is 18.2 Å². The van der Waals surface area contributed by atoms with Crippen LogP contribution in [-0.4, -0.2) is 12.5 Å². The number of halogens is 1. The number of anilines is 1. The van der Waals surface area contributed by atoms with Gasteiger partial charge in [0.25, 0.3) is 0 Å². The van der Waals surface area contributed by atoms with Crippen LogP contribution in [0.5, 0.6) is 0 Å². The fourth-order valence-corrected chi connectivity index (χ4v) is 2.89. The third-order valence-corrected chi connectivity index (χ3v) is 4.07. The first-order valence-corrected chi connectivity index (χ1v) is 7.85. The van der Waals surface area contributed by atoms with Crippen LogP contribution in [0.25, 0.3) is 0 Å². The number of nitrogens with one attached hydrogen (secondary N) is 1. The van der Waals surface area contributed by atoms with E-state index in [0.29, 0.717) is 23.0 Å². The van der Waals surface area contributed by atoms with Crippen molar-refractivity contribution < 1.29 is 4.79 Å². The Bertz CT molecular complexity index is 554. The topological polar surface area (TPSA) is 55.1 Å². The predicted molar refractivity (Wildman–Crippen MR) is 87.2 cm³/mol. The molecule has 1 aliphatic rings. The van der Waals surface area contributed by atoms with Gasteiger partial charge in [0.1, 0.15) is 0 Å². The normalized spacial score (nSPS) is 14.6. The number of carbonyl (C=O) groups excluding carboxylic acids is 1. The van der Waals surface area contributed by atoms with Crippen molar-refractivity contribution in [2.45, 2.75) is 38.5 Å². The van der Waals surface area contributed by atoms with Crippen LogP contribution in [-0.2, 0) is 4.79 Å². The second-order valence-electron chi connectivity index (χ2n) is 5.43. The summed E-state index contributed by atoms with van der Waals surface area (Å²) in [6, 6.07) is 5.30. The molecule has 3 nitrogen and oxygen atoms in total. The highest BCUT2D eigenvalue weighted by Crippen LogP contribution is 2.28. The van der Waals surface area contributed by atoms with E-state index in [-0.39, 0.29) is 12.5 Å². The van der Waals surface area contributed by atoms with Crippen molar-refractivity contribution >= 4 is 23.2 Å². The lowest BCUT2D eigenvalue weighted by Crippen LogP contribution is -2.13. The molecule has 1 aromatic carbocycles. The van der Waals surface area contributed by atoms with E-state index in [4.69, 9.17) is 17.3 Å². The molecule has 0 radical (unpaired) electrons. The van der Waals surface area contributed by atoms with Gasteiger partial charge in [0.05, 0.1) is 12.2 Å². The standard InChI is InChI=1S/C17H21ClN2O/c18-15-9-8-14(6-3-11-19)16(12-15)20-17(21)10-7-13-4-1-2-5-13/h8-9,12-13H,1-2,4-5,7,10-11,19H2,(H,20,21). The van der Waals surface area contributed by atoms with Crippen LogP contribution in [0.4, 0.5) is 5.69 Å². The smallest absolute Gasteiger partial charge is 0.224 e. The Hall–Kier alpha value is -1.50. The number of hydrogen-bond donors (Lipinski definition) is 2. The van der Waals surface area contributed by atoms with Gasteiger partial charge in [-0.25, -0.2) is 0 Å². The summed E-state index contributed by atoms with van der Waals surface area (Å²) in [7, 11) is 0. The summed E-state index contributed by atoms with van der Waals surface area (Å²) >= 11 is 5.99. The van der Waals surface area contributed by atoms with Crippen molar-refractivity contribution in [2.75, 3.05) is 11.9 Å².